The molecule has 0 N–H and O–H groups in total. The first-order chi connectivity index (χ1) is 8.22. The van der Waals surface area contributed by atoms with E-state index < -0.39 is 0 Å². The lowest BCUT2D eigenvalue weighted by atomic mass is 10.0. The van der Waals surface area contributed by atoms with Crippen LogP contribution in [0.25, 0.3) is 0 Å². The van der Waals surface area contributed by atoms with Gasteiger partial charge in [-0.05, 0) is 48.3 Å². The standard InChI is InChI=1S/C14H16Cl2O/c1-17-12-6-5-8(7-11(12)15)14(16)13-9-3-2-4-10(9)13/h5-7,9-10,13-14H,2-4H2,1H3. The second-order valence-corrected chi connectivity index (χ2v) is 6.01. The molecule has 3 atom stereocenters. The Balaban J connectivity index is 1.78. The van der Waals surface area contributed by atoms with Crippen LogP contribution in [0.2, 0.25) is 5.02 Å². The molecule has 1 aromatic rings. The van der Waals surface area contributed by atoms with Gasteiger partial charge < -0.3 is 4.74 Å². The van der Waals surface area contributed by atoms with E-state index in [1.54, 1.807) is 7.11 Å². The summed E-state index contributed by atoms with van der Waals surface area (Å²) in [6.07, 6.45) is 4.11. The number of rotatable bonds is 3. The lowest BCUT2D eigenvalue weighted by Crippen LogP contribution is -1.99. The molecule has 1 aromatic carbocycles. The molecule has 0 saturated heterocycles. The first-order valence-corrected chi connectivity index (χ1v) is 7.01. The van der Waals surface area contributed by atoms with Crippen LogP contribution in [0, 0.1) is 17.8 Å². The number of methoxy groups -OCH3 is 1. The van der Waals surface area contributed by atoms with E-state index in [4.69, 9.17) is 27.9 Å². The van der Waals surface area contributed by atoms with Crippen molar-refractivity contribution < 1.29 is 4.74 Å². The normalized spacial score (nSPS) is 32.1. The maximum Gasteiger partial charge on any atom is 0.137 e. The molecule has 2 fully saturated rings. The molecule has 3 rings (SSSR count). The topological polar surface area (TPSA) is 9.23 Å². The van der Waals surface area contributed by atoms with Gasteiger partial charge in [0, 0.05) is 0 Å². The Labute approximate surface area is 112 Å². The highest BCUT2D eigenvalue weighted by molar-refractivity contribution is 6.32. The fraction of sp³-hybridized carbons (Fsp3) is 0.571. The van der Waals surface area contributed by atoms with Crippen molar-refractivity contribution >= 4 is 23.2 Å². The highest BCUT2D eigenvalue weighted by Gasteiger charge is 2.55. The third-order valence-corrected chi connectivity index (χ3v) is 5.14. The Morgan fingerprint density at radius 2 is 2.00 bits per heavy atom. The molecule has 0 aromatic heterocycles. The van der Waals surface area contributed by atoms with Crippen LogP contribution in [-0.4, -0.2) is 7.11 Å². The molecule has 0 radical (unpaired) electrons. The highest BCUT2D eigenvalue weighted by Crippen LogP contribution is 2.63. The Kier molecular flexibility index (Phi) is 3.00. The van der Waals surface area contributed by atoms with Crippen molar-refractivity contribution in [2.75, 3.05) is 7.11 Å². The summed E-state index contributed by atoms with van der Waals surface area (Å²) in [7, 11) is 1.63. The monoisotopic (exact) mass is 270 g/mol. The van der Waals surface area contributed by atoms with Crippen LogP contribution in [0.15, 0.2) is 18.2 Å². The second-order valence-electron chi connectivity index (χ2n) is 5.13. The molecule has 3 unspecified atom stereocenters. The smallest absolute Gasteiger partial charge is 0.137 e. The Hall–Kier alpha value is -0.400. The van der Waals surface area contributed by atoms with Crippen LogP contribution in [0.3, 0.4) is 0 Å². The molecule has 17 heavy (non-hydrogen) atoms. The van der Waals surface area contributed by atoms with E-state index in [1.165, 1.54) is 19.3 Å². The van der Waals surface area contributed by atoms with E-state index in [9.17, 15) is 0 Å². The van der Waals surface area contributed by atoms with Gasteiger partial charge in [0.2, 0.25) is 0 Å². The quantitative estimate of drug-likeness (QED) is 0.725. The maximum atomic E-state index is 6.57. The number of ether oxygens (including phenoxy) is 1. The van der Waals surface area contributed by atoms with Gasteiger partial charge in [0.25, 0.3) is 0 Å². The molecule has 2 saturated carbocycles. The maximum absolute atomic E-state index is 6.57. The molecule has 3 heteroatoms. The van der Waals surface area contributed by atoms with Crippen LogP contribution in [0.4, 0.5) is 0 Å². The van der Waals surface area contributed by atoms with Gasteiger partial charge in [-0.25, -0.2) is 0 Å². The number of hydrogen-bond acceptors (Lipinski definition) is 1. The van der Waals surface area contributed by atoms with Crippen LogP contribution in [0.1, 0.15) is 30.2 Å². The highest BCUT2D eigenvalue weighted by atomic mass is 35.5. The number of alkyl halides is 1. The van der Waals surface area contributed by atoms with Gasteiger partial charge in [-0.2, -0.15) is 0 Å². The molecule has 2 aliphatic rings. The number of halogens is 2. The third-order valence-electron chi connectivity index (χ3n) is 4.30. The van der Waals surface area contributed by atoms with Crippen molar-refractivity contribution in [2.45, 2.75) is 24.6 Å². The number of hydrogen-bond donors (Lipinski definition) is 0. The predicted molar refractivity (Wildman–Crippen MR) is 70.9 cm³/mol. The first kappa shape index (κ1) is 11.7. The minimum Gasteiger partial charge on any atom is -0.495 e. The van der Waals surface area contributed by atoms with Gasteiger partial charge in [0.1, 0.15) is 5.75 Å². The van der Waals surface area contributed by atoms with Crippen molar-refractivity contribution in [3.63, 3.8) is 0 Å². The van der Waals surface area contributed by atoms with Gasteiger partial charge in [-0.3, -0.25) is 0 Å². The van der Waals surface area contributed by atoms with Crippen molar-refractivity contribution in [1.29, 1.82) is 0 Å². The molecule has 2 aliphatic carbocycles. The van der Waals surface area contributed by atoms with Gasteiger partial charge >= 0.3 is 0 Å². The van der Waals surface area contributed by atoms with Gasteiger partial charge in [0.05, 0.1) is 17.5 Å². The molecule has 0 amide bonds. The summed E-state index contributed by atoms with van der Waals surface area (Å²) in [6, 6.07) is 5.90. The SMILES string of the molecule is COc1ccc(C(Cl)C2C3CCCC32)cc1Cl. The molecular formula is C14H16Cl2O. The van der Waals surface area contributed by atoms with Crippen molar-refractivity contribution in [2.24, 2.45) is 17.8 Å². The predicted octanol–water partition coefficient (Wildman–Crippen LogP) is 4.67. The minimum atomic E-state index is 0.119. The van der Waals surface area contributed by atoms with Crippen molar-refractivity contribution in [1.82, 2.24) is 0 Å². The Bertz CT molecular complexity index is 422. The van der Waals surface area contributed by atoms with Crippen LogP contribution < -0.4 is 4.74 Å². The van der Waals surface area contributed by atoms with Gasteiger partial charge in [-0.1, -0.05) is 24.1 Å². The van der Waals surface area contributed by atoms with E-state index in [0.29, 0.717) is 10.9 Å². The number of benzene rings is 1. The van der Waals surface area contributed by atoms with E-state index >= 15 is 0 Å². The molecule has 0 bridgehead atoms. The molecule has 0 heterocycles. The van der Waals surface area contributed by atoms with Crippen LogP contribution >= 0.6 is 23.2 Å². The summed E-state index contributed by atoms with van der Waals surface area (Å²) in [4.78, 5) is 0. The number of fused-ring (bicyclic) bond motifs is 1. The zero-order valence-electron chi connectivity index (χ0n) is 9.83. The zero-order chi connectivity index (χ0) is 12.0. The summed E-state index contributed by atoms with van der Waals surface area (Å²) in [5, 5.41) is 0.773. The van der Waals surface area contributed by atoms with Crippen molar-refractivity contribution in [3.05, 3.63) is 28.8 Å². The van der Waals surface area contributed by atoms with Crippen molar-refractivity contribution in [3.8, 4) is 5.75 Å². The lowest BCUT2D eigenvalue weighted by molar-refractivity contribution is 0.414. The molecule has 0 spiro atoms. The second kappa shape index (κ2) is 4.37. The summed E-state index contributed by atoms with van der Waals surface area (Å²) in [5.41, 5.74) is 1.14. The summed E-state index contributed by atoms with van der Waals surface area (Å²) < 4.78 is 5.16. The fourth-order valence-electron chi connectivity index (χ4n) is 3.39. The molecular weight excluding hydrogens is 255 g/mol. The summed E-state index contributed by atoms with van der Waals surface area (Å²) in [6.45, 7) is 0. The first-order valence-electron chi connectivity index (χ1n) is 6.20. The molecule has 92 valence electrons. The average Bonchev–Trinajstić information content (AvgIpc) is 2.81. The van der Waals surface area contributed by atoms with E-state index in [-0.39, 0.29) is 5.38 Å². The third kappa shape index (κ3) is 1.94. The van der Waals surface area contributed by atoms with Gasteiger partial charge in [0.15, 0.2) is 0 Å². The Morgan fingerprint density at radius 3 is 2.59 bits per heavy atom. The Morgan fingerprint density at radius 1 is 1.29 bits per heavy atom. The summed E-state index contributed by atoms with van der Waals surface area (Å²) in [5.74, 6) is 3.14. The fourth-order valence-corrected chi connectivity index (χ4v) is 4.16. The average molecular weight is 271 g/mol. The van der Waals surface area contributed by atoms with Crippen LogP contribution in [-0.2, 0) is 0 Å². The van der Waals surface area contributed by atoms with Crippen LogP contribution in [0.5, 0.6) is 5.75 Å². The molecule has 1 nitrogen and oxygen atoms in total. The van der Waals surface area contributed by atoms with E-state index in [0.717, 1.165) is 23.1 Å². The minimum absolute atomic E-state index is 0.119. The zero-order valence-corrected chi connectivity index (χ0v) is 11.3. The summed E-state index contributed by atoms with van der Waals surface area (Å²) >= 11 is 12.7. The molecule has 0 aliphatic heterocycles. The van der Waals surface area contributed by atoms with E-state index in [1.807, 2.05) is 18.2 Å². The lowest BCUT2D eigenvalue weighted by Gasteiger charge is -2.13. The van der Waals surface area contributed by atoms with E-state index in [2.05, 4.69) is 0 Å². The largest absolute Gasteiger partial charge is 0.495 e. The van der Waals surface area contributed by atoms with Gasteiger partial charge in [-0.15, -0.1) is 11.6 Å².